The number of halogens is 1. The Labute approximate surface area is 199 Å². The van der Waals surface area contributed by atoms with Gasteiger partial charge >= 0.3 is 5.97 Å². The van der Waals surface area contributed by atoms with Gasteiger partial charge < -0.3 is 14.6 Å². The highest BCUT2D eigenvalue weighted by Gasteiger charge is 2.13. The minimum Gasteiger partial charge on any atom is -0.487 e. The maximum atomic E-state index is 11.3. The van der Waals surface area contributed by atoms with Gasteiger partial charge in [-0.3, -0.25) is 0 Å². The van der Waals surface area contributed by atoms with Crippen molar-refractivity contribution in [1.82, 2.24) is 4.98 Å². The van der Waals surface area contributed by atoms with Crippen LogP contribution in [0.15, 0.2) is 60.8 Å². The van der Waals surface area contributed by atoms with Gasteiger partial charge in [-0.05, 0) is 61.1 Å². The predicted molar refractivity (Wildman–Crippen MR) is 131 cm³/mol. The summed E-state index contributed by atoms with van der Waals surface area (Å²) in [4.78, 5) is 15.6. The van der Waals surface area contributed by atoms with Crippen LogP contribution in [0.25, 0.3) is 5.57 Å². The Balaban J connectivity index is 1.70. The number of ether oxygens (including phenoxy) is 2. The molecule has 3 aromatic rings. The van der Waals surface area contributed by atoms with Crippen molar-refractivity contribution in [2.24, 2.45) is 0 Å². The van der Waals surface area contributed by atoms with Crippen molar-refractivity contribution >= 4 is 23.1 Å². The highest BCUT2D eigenvalue weighted by molar-refractivity contribution is 6.32. The molecule has 0 radical (unpaired) electrons. The third-order valence-electron chi connectivity index (χ3n) is 5.16. The predicted octanol–water partition coefficient (Wildman–Crippen LogP) is 7.38. The summed E-state index contributed by atoms with van der Waals surface area (Å²) in [5.41, 5.74) is 4.55. The lowest BCUT2D eigenvalue weighted by Gasteiger charge is -2.14. The Hall–Kier alpha value is -3.31. The van der Waals surface area contributed by atoms with Crippen molar-refractivity contribution in [2.45, 2.75) is 46.6 Å². The number of carboxylic acid groups (broad SMARTS) is 1. The molecule has 0 saturated heterocycles. The Bertz CT molecular complexity index is 1120. The molecule has 0 saturated carbocycles. The summed E-state index contributed by atoms with van der Waals surface area (Å²) in [6, 6.07) is 15.3. The Kier molecular flexibility index (Phi) is 8.50. The zero-order chi connectivity index (χ0) is 23.8. The summed E-state index contributed by atoms with van der Waals surface area (Å²) >= 11 is 6.50. The first-order valence-electron chi connectivity index (χ1n) is 10.9. The number of aryl methyl sites for hydroxylation is 2. The highest BCUT2D eigenvalue weighted by Crippen LogP contribution is 2.35. The average molecular weight is 466 g/mol. The van der Waals surface area contributed by atoms with Crippen molar-refractivity contribution in [1.29, 1.82) is 0 Å². The number of benzene rings is 2. The monoisotopic (exact) mass is 465 g/mol. The number of unbranched alkanes of at least 4 members (excludes halogenated alkanes) is 1. The first-order valence-corrected chi connectivity index (χ1v) is 11.3. The summed E-state index contributed by atoms with van der Waals surface area (Å²) in [5.74, 6) is 0.642. The van der Waals surface area contributed by atoms with Gasteiger partial charge in [-0.2, -0.15) is 0 Å². The van der Waals surface area contributed by atoms with Gasteiger partial charge in [-0.1, -0.05) is 54.8 Å². The van der Waals surface area contributed by atoms with Crippen molar-refractivity contribution in [3.8, 4) is 17.4 Å². The van der Waals surface area contributed by atoms with Crippen molar-refractivity contribution in [3.05, 3.63) is 88.1 Å². The van der Waals surface area contributed by atoms with Crippen LogP contribution >= 0.6 is 11.6 Å². The van der Waals surface area contributed by atoms with Gasteiger partial charge in [0.15, 0.2) is 0 Å². The SMILES string of the molecule is CCCC/C(=C\C(=O)O)c1cc(C)c(Oc2ccc(OCc3ccc(C)cc3)cn2)cc1Cl. The summed E-state index contributed by atoms with van der Waals surface area (Å²) in [6.07, 6.45) is 5.34. The van der Waals surface area contributed by atoms with Crippen LogP contribution in [0.4, 0.5) is 0 Å². The molecule has 0 bridgehead atoms. The minimum absolute atomic E-state index is 0.414. The van der Waals surface area contributed by atoms with Gasteiger partial charge in [0.05, 0.1) is 11.2 Å². The number of hydrogen-bond acceptors (Lipinski definition) is 4. The number of carboxylic acids is 1. The molecular formula is C27H28ClNO4. The first-order chi connectivity index (χ1) is 15.9. The molecular weight excluding hydrogens is 438 g/mol. The molecule has 1 N–H and O–H groups in total. The van der Waals surface area contributed by atoms with E-state index in [1.807, 2.05) is 32.0 Å². The number of aromatic nitrogens is 1. The second-order valence-corrected chi connectivity index (χ2v) is 8.32. The molecule has 0 fully saturated rings. The fraction of sp³-hybridized carbons (Fsp3) is 0.259. The average Bonchev–Trinajstić information content (AvgIpc) is 2.79. The Morgan fingerprint density at radius 1 is 1.12 bits per heavy atom. The van der Waals surface area contributed by atoms with Gasteiger partial charge in [-0.15, -0.1) is 0 Å². The van der Waals surface area contributed by atoms with Gasteiger partial charge in [-0.25, -0.2) is 9.78 Å². The van der Waals surface area contributed by atoms with Crippen molar-refractivity contribution in [3.63, 3.8) is 0 Å². The van der Waals surface area contributed by atoms with E-state index >= 15 is 0 Å². The first kappa shape index (κ1) is 24.3. The van der Waals surface area contributed by atoms with Crippen molar-refractivity contribution < 1.29 is 19.4 Å². The van der Waals surface area contributed by atoms with Crippen LogP contribution in [0.2, 0.25) is 5.02 Å². The minimum atomic E-state index is -0.982. The maximum absolute atomic E-state index is 11.3. The molecule has 5 nitrogen and oxygen atoms in total. The van der Waals surface area contributed by atoms with E-state index in [1.54, 1.807) is 24.4 Å². The molecule has 0 aliphatic rings. The molecule has 0 amide bonds. The Morgan fingerprint density at radius 3 is 2.52 bits per heavy atom. The maximum Gasteiger partial charge on any atom is 0.328 e. The van der Waals surface area contributed by atoms with Crippen molar-refractivity contribution in [2.75, 3.05) is 0 Å². The van der Waals surface area contributed by atoms with E-state index in [1.165, 1.54) is 11.6 Å². The van der Waals surface area contributed by atoms with Crippen LogP contribution < -0.4 is 9.47 Å². The molecule has 1 heterocycles. The molecule has 0 aliphatic carbocycles. The summed E-state index contributed by atoms with van der Waals surface area (Å²) in [7, 11) is 0. The zero-order valence-corrected chi connectivity index (χ0v) is 19.9. The van der Waals surface area contributed by atoms with E-state index in [0.29, 0.717) is 46.6 Å². The molecule has 172 valence electrons. The third-order valence-corrected chi connectivity index (χ3v) is 5.47. The largest absolute Gasteiger partial charge is 0.487 e. The van der Waals surface area contributed by atoms with Gasteiger partial charge in [0.1, 0.15) is 18.1 Å². The fourth-order valence-corrected chi connectivity index (χ4v) is 3.57. The smallest absolute Gasteiger partial charge is 0.328 e. The number of allylic oxidation sites excluding steroid dienone is 1. The Morgan fingerprint density at radius 2 is 1.88 bits per heavy atom. The second-order valence-electron chi connectivity index (χ2n) is 7.92. The molecule has 1 aromatic heterocycles. The fourth-order valence-electron chi connectivity index (χ4n) is 3.30. The lowest BCUT2D eigenvalue weighted by molar-refractivity contribution is -0.131. The third kappa shape index (κ3) is 7.09. The molecule has 0 spiro atoms. The number of aliphatic carboxylic acids is 1. The summed E-state index contributed by atoms with van der Waals surface area (Å²) in [6.45, 7) is 6.47. The van der Waals surface area contributed by atoms with Gasteiger partial charge in [0.25, 0.3) is 0 Å². The van der Waals surface area contributed by atoms with Crippen LogP contribution in [0.5, 0.6) is 17.4 Å². The van der Waals surface area contributed by atoms with E-state index in [9.17, 15) is 9.90 Å². The molecule has 33 heavy (non-hydrogen) atoms. The second kappa shape index (κ2) is 11.5. The molecule has 0 unspecified atom stereocenters. The topological polar surface area (TPSA) is 68.7 Å². The van der Waals surface area contributed by atoms with Crippen LogP contribution in [0, 0.1) is 13.8 Å². The van der Waals surface area contributed by atoms with Crippen LogP contribution in [-0.4, -0.2) is 16.1 Å². The number of carbonyl (C=O) groups is 1. The summed E-state index contributed by atoms with van der Waals surface area (Å²) in [5, 5.41) is 9.67. The normalized spacial score (nSPS) is 11.3. The van der Waals surface area contributed by atoms with E-state index in [0.717, 1.165) is 24.0 Å². The lowest BCUT2D eigenvalue weighted by Crippen LogP contribution is -1.98. The van der Waals surface area contributed by atoms with E-state index in [-0.39, 0.29) is 0 Å². The zero-order valence-electron chi connectivity index (χ0n) is 19.1. The molecule has 6 heteroatoms. The number of hydrogen-bond donors (Lipinski definition) is 1. The quantitative estimate of drug-likeness (QED) is 0.316. The van der Waals surface area contributed by atoms with Gasteiger partial charge in [0, 0.05) is 18.2 Å². The lowest BCUT2D eigenvalue weighted by atomic mass is 9.98. The number of nitrogens with zero attached hydrogens (tertiary/aromatic N) is 1. The summed E-state index contributed by atoms with van der Waals surface area (Å²) < 4.78 is 11.7. The van der Waals surface area contributed by atoms with Crippen LogP contribution in [0.3, 0.4) is 0 Å². The van der Waals surface area contributed by atoms with Crippen LogP contribution in [0.1, 0.15) is 48.4 Å². The van der Waals surface area contributed by atoms with E-state index in [4.69, 9.17) is 21.1 Å². The highest BCUT2D eigenvalue weighted by atomic mass is 35.5. The molecule has 0 atom stereocenters. The standard InChI is InChI=1S/C27H28ClNO4/c1-4-5-6-21(14-27(30)31)23-13-19(3)25(15-24(23)28)33-26-12-11-22(16-29-26)32-17-20-9-7-18(2)8-10-20/h7-16H,4-6,17H2,1-3H3,(H,30,31)/b21-14+. The molecule has 3 rings (SSSR count). The number of rotatable bonds is 10. The van der Waals surface area contributed by atoms with Crippen LogP contribution in [-0.2, 0) is 11.4 Å². The molecule has 2 aromatic carbocycles. The van der Waals surface area contributed by atoms with Gasteiger partial charge in [0.2, 0.25) is 5.88 Å². The number of pyridine rings is 1. The molecule has 0 aliphatic heterocycles. The van der Waals surface area contributed by atoms with E-state index in [2.05, 4.69) is 24.0 Å². The van der Waals surface area contributed by atoms with E-state index < -0.39 is 5.97 Å².